The molecule has 0 fully saturated rings. The summed E-state index contributed by atoms with van der Waals surface area (Å²) in [4.78, 5) is 10.6. The van der Waals surface area contributed by atoms with Gasteiger partial charge in [0.2, 0.25) is 0 Å². The molecule has 3 aliphatic heterocycles. The first kappa shape index (κ1) is 26.2. The monoisotopic (exact) mass is 528 g/mol. The van der Waals surface area contributed by atoms with E-state index >= 15 is 0 Å². The number of ether oxygens (including phenoxy) is 1. The molecule has 0 saturated heterocycles. The minimum Gasteiger partial charge on any atom is -0.456 e. The quantitative estimate of drug-likeness (QED) is 0.233. The number of fused-ring (bicyclic) bond motifs is 2. The van der Waals surface area contributed by atoms with Crippen molar-refractivity contribution in [2.45, 2.75) is 38.8 Å². The van der Waals surface area contributed by atoms with Gasteiger partial charge in [0.25, 0.3) is 0 Å². The lowest BCUT2D eigenvalue weighted by Crippen LogP contribution is -2.35. The molecule has 0 spiro atoms. The summed E-state index contributed by atoms with van der Waals surface area (Å²) in [7, 11) is 0. The van der Waals surface area contributed by atoms with E-state index in [1.165, 1.54) is 18.3 Å². The van der Waals surface area contributed by atoms with Crippen molar-refractivity contribution in [2.75, 3.05) is 18.0 Å². The Kier molecular flexibility index (Phi) is 7.00. The lowest BCUT2D eigenvalue weighted by atomic mass is 9.86. The van der Waals surface area contributed by atoms with E-state index < -0.39 is 11.7 Å². The van der Waals surface area contributed by atoms with Crippen molar-refractivity contribution in [3.8, 4) is 11.8 Å². The van der Waals surface area contributed by atoms with E-state index in [1.54, 1.807) is 24.3 Å². The summed E-state index contributed by atoms with van der Waals surface area (Å²) in [5, 5.41) is 9.86. The van der Waals surface area contributed by atoms with E-state index in [0.29, 0.717) is 23.4 Å². The largest absolute Gasteiger partial charge is 0.456 e. The van der Waals surface area contributed by atoms with E-state index in [1.807, 2.05) is 6.92 Å². The highest BCUT2D eigenvalue weighted by molar-refractivity contribution is 5.85. The molecule has 0 amide bonds. The van der Waals surface area contributed by atoms with Crippen molar-refractivity contribution in [3.05, 3.63) is 94.6 Å². The second kappa shape index (κ2) is 10.4. The first-order valence-electron chi connectivity index (χ1n) is 12.7. The molecule has 2 aromatic rings. The van der Waals surface area contributed by atoms with Crippen molar-refractivity contribution in [2.24, 2.45) is 4.99 Å². The lowest BCUT2D eigenvalue weighted by Gasteiger charge is -2.39. The molecule has 1 aromatic heterocycles. The van der Waals surface area contributed by atoms with Crippen LogP contribution in [0.2, 0.25) is 0 Å². The zero-order valence-corrected chi connectivity index (χ0v) is 21.6. The number of rotatable bonds is 5. The van der Waals surface area contributed by atoms with Gasteiger partial charge in [-0.15, -0.1) is 0 Å². The van der Waals surface area contributed by atoms with Gasteiger partial charge < -0.3 is 9.64 Å². The second-order valence-corrected chi connectivity index (χ2v) is 9.82. The molecule has 5 nitrogen and oxygen atoms in total. The van der Waals surface area contributed by atoms with Crippen LogP contribution in [0.4, 0.5) is 18.9 Å². The van der Waals surface area contributed by atoms with Crippen molar-refractivity contribution >= 4 is 29.2 Å². The van der Waals surface area contributed by atoms with Crippen LogP contribution in [0.3, 0.4) is 0 Å². The molecule has 3 aliphatic rings. The van der Waals surface area contributed by atoms with Crippen LogP contribution in [0.25, 0.3) is 16.8 Å². The van der Waals surface area contributed by atoms with Gasteiger partial charge in [0.05, 0.1) is 28.6 Å². The first-order chi connectivity index (χ1) is 18.7. The summed E-state index contributed by atoms with van der Waals surface area (Å²) in [5.74, 6) is 0.294. The number of aryl methyl sites for hydroxylation is 1. The van der Waals surface area contributed by atoms with Gasteiger partial charge in [0.15, 0.2) is 0 Å². The van der Waals surface area contributed by atoms with Crippen LogP contribution in [-0.4, -0.2) is 31.0 Å². The van der Waals surface area contributed by atoms with Crippen LogP contribution in [0, 0.1) is 11.3 Å². The van der Waals surface area contributed by atoms with E-state index in [2.05, 4.69) is 34.2 Å². The maximum atomic E-state index is 14.3. The normalized spacial score (nSPS) is 18.0. The third kappa shape index (κ3) is 5.17. The summed E-state index contributed by atoms with van der Waals surface area (Å²) in [5.41, 5.74) is 4.70. The zero-order chi connectivity index (χ0) is 27.7. The Morgan fingerprint density at radius 1 is 1.23 bits per heavy atom. The molecule has 0 radical (unpaired) electrons. The van der Waals surface area contributed by atoms with Gasteiger partial charge in [-0.25, -0.2) is 0 Å². The average Bonchev–Trinajstić information content (AvgIpc) is 2.92. The molecule has 5 rings (SSSR count). The highest BCUT2D eigenvalue weighted by Gasteiger charge is 2.41. The summed E-state index contributed by atoms with van der Waals surface area (Å²) >= 11 is 0. The maximum Gasteiger partial charge on any atom is 0.417 e. The Morgan fingerprint density at radius 2 is 2.00 bits per heavy atom. The molecule has 0 bridgehead atoms. The molecule has 8 heteroatoms. The number of halogens is 3. The number of allylic oxidation sites excluding steroid dienone is 7. The zero-order valence-electron chi connectivity index (χ0n) is 21.6. The lowest BCUT2D eigenvalue weighted by molar-refractivity contribution is -0.0694. The van der Waals surface area contributed by atoms with Crippen LogP contribution in [-0.2, 0) is 12.8 Å². The number of aromatic nitrogens is 1. The molecular formula is C31H27F3N4O. The Labute approximate surface area is 225 Å². The fourth-order valence-corrected chi connectivity index (χ4v) is 5.37. The average molecular weight is 529 g/mol. The van der Waals surface area contributed by atoms with E-state index in [9.17, 15) is 18.4 Å². The summed E-state index contributed by atoms with van der Waals surface area (Å²) in [6.45, 7) is 11.0. The minimum absolute atomic E-state index is 0.0246. The topological polar surface area (TPSA) is 61.5 Å². The molecule has 0 saturated carbocycles. The van der Waals surface area contributed by atoms with E-state index in [-0.39, 0.29) is 22.6 Å². The third-order valence-electron chi connectivity index (χ3n) is 7.00. The first-order valence-corrected chi connectivity index (χ1v) is 12.7. The molecule has 0 N–H and O–H groups in total. The summed E-state index contributed by atoms with van der Waals surface area (Å²) < 4.78 is 48.9. The molecule has 1 aromatic carbocycles. The maximum absolute atomic E-state index is 14.3. The van der Waals surface area contributed by atoms with Crippen molar-refractivity contribution in [1.82, 2.24) is 4.98 Å². The fourth-order valence-electron chi connectivity index (χ4n) is 5.37. The van der Waals surface area contributed by atoms with Crippen LogP contribution < -0.4 is 9.64 Å². The van der Waals surface area contributed by atoms with Crippen molar-refractivity contribution in [3.63, 3.8) is 0 Å². The number of hydrogen-bond acceptors (Lipinski definition) is 5. The standard InChI is InChI=1S/C31H27F3N4O/c1-19(2)14-27(36-3)28-16-20(10-11-37-28)22(18-35)8-9-23-17-26(31(32,33)34)25-15-21-6-4-12-38-13-5-7-24(29(21)38)30(25)39-23/h8-11,14-17H,1,3-7,12-13H2,2H3/b22-8+,23-9-,27-14-. The number of nitrogens with zero attached hydrogens (tertiary/aromatic N) is 4. The van der Waals surface area contributed by atoms with Gasteiger partial charge in [-0.2, -0.15) is 18.4 Å². The third-order valence-corrected chi connectivity index (χ3v) is 7.00. The van der Waals surface area contributed by atoms with Crippen molar-refractivity contribution < 1.29 is 17.9 Å². The molecular weight excluding hydrogens is 501 g/mol. The predicted octanol–water partition coefficient (Wildman–Crippen LogP) is 7.23. The SMILES string of the molecule is C=N/C(=C\C(=C)C)c1cc(/C(C#N)=C/C=C2/C=C(C(F)(F)F)c3cc4c5c(c3O2)CCCN5CCC4)ccn1. The summed E-state index contributed by atoms with van der Waals surface area (Å²) in [6.07, 6.45) is 5.80. The number of alkyl halides is 3. The number of aliphatic imine (C=N–C) groups is 1. The van der Waals surface area contributed by atoms with E-state index in [0.717, 1.165) is 60.8 Å². The predicted molar refractivity (Wildman–Crippen MR) is 148 cm³/mol. The van der Waals surface area contributed by atoms with Crippen LogP contribution in [0.15, 0.2) is 71.6 Å². The molecule has 0 aliphatic carbocycles. The number of benzene rings is 1. The van der Waals surface area contributed by atoms with Gasteiger partial charge in [-0.1, -0.05) is 12.2 Å². The number of anilines is 1. The Bertz CT molecular complexity index is 1530. The fraction of sp³-hybridized carbons (Fsp3) is 0.258. The van der Waals surface area contributed by atoms with Crippen LogP contribution >= 0.6 is 0 Å². The van der Waals surface area contributed by atoms with Crippen LogP contribution in [0.1, 0.15) is 47.7 Å². The number of hydrogen-bond donors (Lipinski definition) is 0. The second-order valence-electron chi connectivity index (χ2n) is 9.82. The Balaban J connectivity index is 1.57. The highest BCUT2D eigenvalue weighted by Crippen LogP contribution is 2.50. The molecule has 0 unspecified atom stereocenters. The Hall–Kier alpha value is -4.38. The van der Waals surface area contributed by atoms with E-state index in [4.69, 9.17) is 4.74 Å². The Morgan fingerprint density at radius 3 is 2.69 bits per heavy atom. The molecule has 198 valence electrons. The van der Waals surface area contributed by atoms with Gasteiger partial charge >= 0.3 is 6.18 Å². The van der Waals surface area contributed by atoms with Gasteiger partial charge in [-0.3, -0.25) is 9.98 Å². The number of pyridine rings is 1. The van der Waals surface area contributed by atoms with Gasteiger partial charge in [-0.05, 0) is 93.0 Å². The summed E-state index contributed by atoms with van der Waals surface area (Å²) in [6, 6.07) is 7.10. The highest BCUT2D eigenvalue weighted by atomic mass is 19.4. The molecule has 39 heavy (non-hydrogen) atoms. The number of nitriles is 1. The molecule has 4 heterocycles. The smallest absolute Gasteiger partial charge is 0.417 e. The van der Waals surface area contributed by atoms with Gasteiger partial charge in [0, 0.05) is 36.1 Å². The van der Waals surface area contributed by atoms with Crippen molar-refractivity contribution in [1.29, 1.82) is 5.26 Å². The van der Waals surface area contributed by atoms with Crippen LogP contribution in [0.5, 0.6) is 5.75 Å². The minimum atomic E-state index is -4.56. The van der Waals surface area contributed by atoms with Gasteiger partial charge in [0.1, 0.15) is 11.5 Å². The molecule has 0 atom stereocenters.